The maximum atomic E-state index is 13.6. The molecule has 274 valence electrons. The summed E-state index contributed by atoms with van der Waals surface area (Å²) in [5, 5.41) is 10.1. The predicted molar refractivity (Wildman–Crippen MR) is 197 cm³/mol. The molecule has 52 heavy (non-hydrogen) atoms. The number of phenolic OH excluding ortho intramolecular Hbond substituents is 1. The van der Waals surface area contributed by atoms with Gasteiger partial charge in [-0.1, -0.05) is 42.5 Å². The zero-order valence-electron chi connectivity index (χ0n) is 28.8. The van der Waals surface area contributed by atoms with E-state index in [0.29, 0.717) is 54.0 Å². The minimum absolute atomic E-state index is 0.0800. The standard InChI is InChI=1S/C28H25F3N2O3S.C10H13NO3S/c1-18-16-32-27-22(9-4-11-23(27)28(29,30)31)26(18)20-8-3-7-19(15-20)17-36-25-13-5-12-24-21(25)10-6-14-33(24)37(2,34)35;1-15(13,14)11-7-3-4-8-9(11)5-2-6-10(8)12/h3-5,7-9,11-13,15-16H,6,10,14,17H2,1-2H3;2,5-6,12H,3-4,7H2,1H3. The van der Waals surface area contributed by atoms with Crippen molar-refractivity contribution in [3.63, 3.8) is 0 Å². The van der Waals surface area contributed by atoms with Crippen molar-refractivity contribution in [1.29, 1.82) is 0 Å². The Kier molecular flexibility index (Phi) is 10.2. The number of rotatable bonds is 6. The van der Waals surface area contributed by atoms with Crippen molar-refractivity contribution in [1.82, 2.24) is 4.98 Å². The molecular weight excluding hydrogens is 716 g/mol. The van der Waals surface area contributed by atoms with E-state index in [2.05, 4.69) is 4.98 Å². The number of fused-ring (bicyclic) bond motifs is 3. The highest BCUT2D eigenvalue weighted by Crippen LogP contribution is 2.40. The zero-order chi connectivity index (χ0) is 37.4. The summed E-state index contributed by atoms with van der Waals surface area (Å²) in [7, 11) is -6.63. The quantitative estimate of drug-likeness (QED) is 0.190. The maximum Gasteiger partial charge on any atom is 0.418 e. The molecule has 5 aromatic rings. The SMILES string of the molecule is CS(=O)(=O)N1CCCc2c(O)cccc21.Cc1cnc2c(C(F)(F)F)cccc2c1-c1cccc(COc2cccc3c2CCCN3S(C)(=O)=O)c1. The van der Waals surface area contributed by atoms with E-state index in [1.807, 2.05) is 37.3 Å². The van der Waals surface area contributed by atoms with Crippen LogP contribution in [-0.4, -0.2) is 52.5 Å². The van der Waals surface area contributed by atoms with Gasteiger partial charge in [-0.25, -0.2) is 16.8 Å². The number of alkyl halides is 3. The third-order valence-corrected chi connectivity index (χ3v) is 11.5. The van der Waals surface area contributed by atoms with Crippen molar-refractivity contribution in [2.75, 3.05) is 34.2 Å². The lowest BCUT2D eigenvalue weighted by Gasteiger charge is -2.30. The number of aryl methyl sites for hydroxylation is 1. The van der Waals surface area contributed by atoms with Crippen molar-refractivity contribution >= 4 is 42.3 Å². The van der Waals surface area contributed by atoms with Gasteiger partial charge in [-0.2, -0.15) is 13.2 Å². The lowest BCUT2D eigenvalue weighted by Crippen LogP contribution is -2.34. The van der Waals surface area contributed by atoms with Gasteiger partial charge in [0.15, 0.2) is 0 Å². The molecule has 1 aromatic heterocycles. The Labute approximate surface area is 301 Å². The average molecular weight is 754 g/mol. The second kappa shape index (κ2) is 14.3. The Morgan fingerprint density at radius 1 is 0.808 bits per heavy atom. The van der Waals surface area contributed by atoms with E-state index >= 15 is 0 Å². The van der Waals surface area contributed by atoms with E-state index in [0.717, 1.165) is 46.7 Å². The van der Waals surface area contributed by atoms with Gasteiger partial charge in [-0.15, -0.1) is 0 Å². The van der Waals surface area contributed by atoms with Crippen molar-refractivity contribution in [3.8, 4) is 22.6 Å². The lowest BCUT2D eigenvalue weighted by molar-refractivity contribution is -0.136. The largest absolute Gasteiger partial charge is 0.508 e. The molecule has 2 aliphatic heterocycles. The highest BCUT2D eigenvalue weighted by Gasteiger charge is 2.34. The first-order valence-corrected chi connectivity index (χ1v) is 20.3. The molecule has 0 amide bonds. The van der Waals surface area contributed by atoms with Gasteiger partial charge in [0.2, 0.25) is 20.0 Å². The van der Waals surface area contributed by atoms with E-state index in [9.17, 15) is 35.1 Å². The molecule has 7 rings (SSSR count). The first-order chi connectivity index (χ1) is 24.5. The topological polar surface area (TPSA) is 117 Å². The Morgan fingerprint density at radius 3 is 2.06 bits per heavy atom. The normalized spacial score (nSPS) is 14.7. The summed E-state index contributed by atoms with van der Waals surface area (Å²) in [5.41, 5.74) is 5.06. The summed E-state index contributed by atoms with van der Waals surface area (Å²) < 4.78 is 97.1. The number of aromatic nitrogens is 1. The molecule has 14 heteroatoms. The molecule has 0 fully saturated rings. The van der Waals surface area contributed by atoms with Crippen molar-refractivity contribution < 1.29 is 39.9 Å². The molecule has 0 saturated carbocycles. The first kappa shape index (κ1) is 37.0. The van der Waals surface area contributed by atoms with Crippen LogP contribution in [0.4, 0.5) is 24.5 Å². The van der Waals surface area contributed by atoms with Crippen LogP contribution in [0.1, 0.15) is 40.7 Å². The van der Waals surface area contributed by atoms with E-state index in [1.165, 1.54) is 33.4 Å². The second-order valence-electron chi connectivity index (χ2n) is 12.9. The van der Waals surface area contributed by atoms with Gasteiger partial charge in [0.25, 0.3) is 0 Å². The number of benzene rings is 4. The van der Waals surface area contributed by atoms with Gasteiger partial charge in [-0.05, 0) is 91.3 Å². The number of hydrogen-bond donors (Lipinski definition) is 1. The summed E-state index contributed by atoms with van der Waals surface area (Å²) in [5.74, 6) is 0.803. The summed E-state index contributed by atoms with van der Waals surface area (Å²) in [4.78, 5) is 4.10. The number of phenols is 1. The third kappa shape index (κ3) is 7.68. The van der Waals surface area contributed by atoms with Crippen molar-refractivity contribution in [2.45, 2.75) is 45.4 Å². The molecule has 0 aliphatic carbocycles. The molecular formula is C38H38F3N3O6S2. The number of aromatic hydroxyl groups is 1. The summed E-state index contributed by atoms with van der Waals surface area (Å²) in [6.07, 6.45) is 2.24. The van der Waals surface area contributed by atoms with Crippen LogP contribution in [0.3, 0.4) is 0 Å². The smallest absolute Gasteiger partial charge is 0.418 e. The van der Waals surface area contributed by atoms with Crippen LogP contribution in [0.2, 0.25) is 0 Å². The Bertz CT molecular complexity index is 2370. The number of para-hydroxylation sites is 1. The van der Waals surface area contributed by atoms with Crippen LogP contribution in [0.5, 0.6) is 11.5 Å². The number of pyridine rings is 1. The highest BCUT2D eigenvalue weighted by atomic mass is 32.2. The molecule has 1 N–H and O–H groups in total. The number of ether oxygens (including phenoxy) is 1. The van der Waals surface area contributed by atoms with Crippen molar-refractivity contribution in [2.24, 2.45) is 0 Å². The lowest BCUT2D eigenvalue weighted by atomic mass is 9.94. The van der Waals surface area contributed by atoms with Crippen LogP contribution in [0.25, 0.3) is 22.0 Å². The molecule has 0 unspecified atom stereocenters. The van der Waals surface area contributed by atoms with Gasteiger partial charge >= 0.3 is 6.18 Å². The Morgan fingerprint density at radius 2 is 1.40 bits per heavy atom. The van der Waals surface area contributed by atoms with Gasteiger partial charge in [0, 0.05) is 35.8 Å². The molecule has 0 atom stereocenters. The zero-order valence-corrected chi connectivity index (χ0v) is 30.4. The van der Waals surface area contributed by atoms with E-state index in [4.69, 9.17) is 4.74 Å². The molecule has 2 aliphatic rings. The third-order valence-electron chi connectivity index (χ3n) is 9.15. The fraction of sp³-hybridized carbons (Fsp3) is 0.289. The van der Waals surface area contributed by atoms with Crippen LogP contribution in [0.15, 0.2) is 85.1 Å². The highest BCUT2D eigenvalue weighted by molar-refractivity contribution is 7.92. The van der Waals surface area contributed by atoms with Gasteiger partial charge in [0.1, 0.15) is 18.1 Å². The van der Waals surface area contributed by atoms with Crippen LogP contribution in [0, 0.1) is 6.92 Å². The van der Waals surface area contributed by atoms with E-state index in [1.54, 1.807) is 36.4 Å². The molecule has 0 bridgehead atoms. The Balaban J connectivity index is 0.000000258. The van der Waals surface area contributed by atoms with Gasteiger partial charge in [-0.3, -0.25) is 13.6 Å². The molecule has 0 radical (unpaired) electrons. The molecule has 3 heterocycles. The van der Waals surface area contributed by atoms with Crippen LogP contribution < -0.4 is 13.3 Å². The molecule has 9 nitrogen and oxygen atoms in total. The molecule has 0 spiro atoms. The minimum Gasteiger partial charge on any atom is -0.508 e. The summed E-state index contributed by atoms with van der Waals surface area (Å²) in [6.45, 7) is 2.98. The Hall–Kier alpha value is -4.82. The number of hydrogen-bond acceptors (Lipinski definition) is 7. The van der Waals surface area contributed by atoms with Gasteiger partial charge in [0.05, 0.1) is 35.0 Å². The second-order valence-corrected chi connectivity index (χ2v) is 16.7. The number of sulfonamides is 2. The molecule has 4 aromatic carbocycles. The average Bonchev–Trinajstić information content (AvgIpc) is 3.09. The van der Waals surface area contributed by atoms with Gasteiger partial charge < -0.3 is 9.84 Å². The van der Waals surface area contributed by atoms with E-state index in [-0.39, 0.29) is 17.9 Å². The monoisotopic (exact) mass is 753 g/mol. The fourth-order valence-corrected chi connectivity index (χ4v) is 8.85. The number of halogens is 3. The number of anilines is 2. The first-order valence-electron chi connectivity index (χ1n) is 16.6. The summed E-state index contributed by atoms with van der Waals surface area (Å²) >= 11 is 0. The van der Waals surface area contributed by atoms with E-state index < -0.39 is 31.8 Å². The fourth-order valence-electron chi connectivity index (χ4n) is 6.87. The van der Waals surface area contributed by atoms with Crippen LogP contribution in [-0.2, 0) is 45.7 Å². The minimum atomic E-state index is -4.50. The molecule has 0 saturated heterocycles. The maximum absolute atomic E-state index is 13.6. The number of nitrogens with zero attached hydrogens (tertiary/aromatic N) is 3. The van der Waals surface area contributed by atoms with Crippen molar-refractivity contribution in [3.05, 3.63) is 113 Å². The summed E-state index contributed by atoms with van der Waals surface area (Å²) in [6, 6.07) is 22.0. The predicted octanol–water partition coefficient (Wildman–Crippen LogP) is 7.62. The van der Waals surface area contributed by atoms with Crippen LogP contribution >= 0.6 is 0 Å².